The maximum absolute atomic E-state index is 12.3. The summed E-state index contributed by atoms with van der Waals surface area (Å²) < 4.78 is 0. The van der Waals surface area contributed by atoms with Crippen LogP contribution in [0.15, 0.2) is 0 Å². The van der Waals surface area contributed by atoms with Crippen LogP contribution in [-0.4, -0.2) is 53.1 Å². The van der Waals surface area contributed by atoms with Crippen LogP contribution < -0.4 is 0 Å². The molecule has 0 aromatic heterocycles. The van der Waals surface area contributed by atoms with E-state index >= 15 is 0 Å². The van der Waals surface area contributed by atoms with E-state index in [-0.39, 0.29) is 11.9 Å². The molecule has 5 nitrogen and oxygen atoms in total. The van der Waals surface area contributed by atoms with Crippen molar-refractivity contribution in [1.82, 2.24) is 9.80 Å². The molecule has 5 heteroatoms. The Morgan fingerprint density at radius 2 is 2.00 bits per heavy atom. The Hall–Kier alpha value is -1.26. The minimum atomic E-state index is -0.789. The molecule has 2 atom stereocenters. The van der Waals surface area contributed by atoms with Crippen LogP contribution in [0, 0.1) is 17.8 Å². The first-order valence-electron chi connectivity index (χ1n) is 6.79. The summed E-state index contributed by atoms with van der Waals surface area (Å²) in [6, 6.07) is 0.0139. The molecular weight excluding hydrogens is 232 g/mol. The van der Waals surface area contributed by atoms with Crippen LogP contribution in [0.4, 0.5) is 4.79 Å². The van der Waals surface area contributed by atoms with Gasteiger partial charge in [-0.05, 0) is 31.6 Å². The second-order valence-corrected chi connectivity index (χ2v) is 5.59. The van der Waals surface area contributed by atoms with E-state index in [4.69, 9.17) is 5.11 Å². The zero-order chi connectivity index (χ0) is 13.3. The molecular formula is C13H22N2O3. The number of hydrogen-bond acceptors (Lipinski definition) is 2. The number of likely N-dealkylation sites (tertiary alicyclic amines) is 1. The maximum Gasteiger partial charge on any atom is 0.320 e. The van der Waals surface area contributed by atoms with Crippen molar-refractivity contribution in [3.05, 3.63) is 0 Å². The van der Waals surface area contributed by atoms with Crippen molar-refractivity contribution in [3.8, 4) is 0 Å². The van der Waals surface area contributed by atoms with Gasteiger partial charge in [-0.15, -0.1) is 0 Å². The zero-order valence-corrected chi connectivity index (χ0v) is 11.1. The molecule has 1 saturated carbocycles. The SMILES string of the molecule is CCN(CC1CC1)C(=O)N1C[C@@H](C)[C@H](C(=O)O)C1. The molecule has 0 bridgehead atoms. The van der Waals surface area contributed by atoms with Gasteiger partial charge in [-0.2, -0.15) is 0 Å². The predicted molar refractivity (Wildman–Crippen MR) is 67.2 cm³/mol. The molecule has 1 heterocycles. The normalized spacial score (nSPS) is 27.3. The Morgan fingerprint density at radius 1 is 1.33 bits per heavy atom. The lowest BCUT2D eigenvalue weighted by molar-refractivity contribution is -0.142. The van der Waals surface area contributed by atoms with Crippen LogP contribution >= 0.6 is 0 Å². The summed E-state index contributed by atoms with van der Waals surface area (Å²) in [5.74, 6) is -0.480. The Labute approximate surface area is 108 Å². The fourth-order valence-electron chi connectivity index (χ4n) is 2.60. The minimum Gasteiger partial charge on any atom is -0.481 e. The quantitative estimate of drug-likeness (QED) is 0.827. The highest BCUT2D eigenvalue weighted by molar-refractivity contribution is 5.77. The number of nitrogens with zero attached hydrogens (tertiary/aromatic N) is 2. The Kier molecular flexibility index (Phi) is 3.78. The average molecular weight is 254 g/mol. The van der Waals surface area contributed by atoms with E-state index < -0.39 is 11.9 Å². The van der Waals surface area contributed by atoms with Gasteiger partial charge in [0.05, 0.1) is 5.92 Å². The zero-order valence-electron chi connectivity index (χ0n) is 11.1. The standard InChI is InChI=1S/C13H22N2O3/c1-3-14(7-10-4-5-10)13(18)15-6-9(2)11(8-15)12(16)17/h9-11H,3-8H2,1-2H3,(H,16,17)/t9-,11-/m1/s1. The van der Waals surface area contributed by atoms with Crippen LogP contribution in [0.1, 0.15) is 26.7 Å². The number of urea groups is 1. The van der Waals surface area contributed by atoms with Gasteiger partial charge in [-0.25, -0.2) is 4.79 Å². The van der Waals surface area contributed by atoms with Crippen molar-refractivity contribution in [2.45, 2.75) is 26.7 Å². The molecule has 0 radical (unpaired) electrons. The van der Waals surface area contributed by atoms with Gasteiger partial charge in [-0.1, -0.05) is 6.92 Å². The number of carboxylic acid groups (broad SMARTS) is 1. The largest absolute Gasteiger partial charge is 0.481 e. The van der Waals surface area contributed by atoms with E-state index in [0.717, 1.165) is 6.54 Å². The average Bonchev–Trinajstić information content (AvgIpc) is 3.06. The van der Waals surface area contributed by atoms with Crippen molar-refractivity contribution in [1.29, 1.82) is 0 Å². The molecule has 1 aliphatic carbocycles. The van der Waals surface area contributed by atoms with Gasteiger partial charge in [0, 0.05) is 26.2 Å². The fraction of sp³-hybridized carbons (Fsp3) is 0.846. The lowest BCUT2D eigenvalue weighted by Gasteiger charge is -2.27. The molecule has 0 aromatic carbocycles. The molecule has 2 rings (SSSR count). The van der Waals surface area contributed by atoms with Gasteiger partial charge < -0.3 is 14.9 Å². The van der Waals surface area contributed by atoms with Gasteiger partial charge in [0.25, 0.3) is 0 Å². The molecule has 102 valence electrons. The third-order valence-electron chi connectivity index (χ3n) is 4.03. The summed E-state index contributed by atoms with van der Waals surface area (Å²) in [6.45, 7) is 6.35. The van der Waals surface area contributed by atoms with Crippen molar-refractivity contribution in [3.63, 3.8) is 0 Å². The third-order valence-corrected chi connectivity index (χ3v) is 4.03. The highest BCUT2D eigenvalue weighted by Crippen LogP contribution is 2.31. The van der Waals surface area contributed by atoms with Gasteiger partial charge >= 0.3 is 12.0 Å². The van der Waals surface area contributed by atoms with Crippen LogP contribution in [0.25, 0.3) is 0 Å². The van der Waals surface area contributed by atoms with Crippen molar-refractivity contribution >= 4 is 12.0 Å². The molecule has 18 heavy (non-hydrogen) atoms. The van der Waals surface area contributed by atoms with Gasteiger partial charge in [0.1, 0.15) is 0 Å². The van der Waals surface area contributed by atoms with E-state index in [2.05, 4.69) is 0 Å². The molecule has 1 N–H and O–H groups in total. The topological polar surface area (TPSA) is 60.9 Å². The Balaban J connectivity index is 1.94. The monoisotopic (exact) mass is 254 g/mol. The van der Waals surface area contributed by atoms with Gasteiger partial charge in [0.2, 0.25) is 0 Å². The van der Waals surface area contributed by atoms with Crippen LogP contribution in [-0.2, 0) is 4.79 Å². The summed E-state index contributed by atoms with van der Waals surface area (Å²) in [6.07, 6.45) is 2.44. The van der Waals surface area contributed by atoms with E-state index in [1.54, 1.807) is 4.90 Å². The molecule has 1 saturated heterocycles. The maximum atomic E-state index is 12.3. The highest BCUT2D eigenvalue weighted by atomic mass is 16.4. The number of amides is 2. The summed E-state index contributed by atoms with van der Waals surface area (Å²) in [5.41, 5.74) is 0. The second kappa shape index (κ2) is 5.16. The van der Waals surface area contributed by atoms with Crippen LogP contribution in [0.3, 0.4) is 0 Å². The molecule has 1 aliphatic heterocycles. The minimum absolute atomic E-state index is 0.0139. The molecule has 0 spiro atoms. The summed E-state index contributed by atoms with van der Waals surface area (Å²) >= 11 is 0. The van der Waals surface area contributed by atoms with Crippen molar-refractivity contribution in [2.75, 3.05) is 26.2 Å². The summed E-state index contributed by atoms with van der Waals surface area (Å²) in [7, 11) is 0. The summed E-state index contributed by atoms with van der Waals surface area (Å²) in [5, 5.41) is 9.08. The fourth-order valence-corrected chi connectivity index (χ4v) is 2.60. The lowest BCUT2D eigenvalue weighted by atomic mass is 9.99. The molecule has 2 aliphatic rings. The first-order chi connectivity index (χ1) is 8.52. The predicted octanol–water partition coefficient (Wildman–Crippen LogP) is 1.49. The second-order valence-electron chi connectivity index (χ2n) is 5.59. The molecule has 2 amide bonds. The number of carbonyl (C=O) groups excluding carboxylic acids is 1. The van der Waals surface area contributed by atoms with E-state index in [1.807, 2.05) is 18.7 Å². The van der Waals surface area contributed by atoms with E-state index in [9.17, 15) is 9.59 Å². The van der Waals surface area contributed by atoms with Crippen molar-refractivity contribution < 1.29 is 14.7 Å². The van der Waals surface area contributed by atoms with Crippen LogP contribution in [0.5, 0.6) is 0 Å². The summed E-state index contributed by atoms with van der Waals surface area (Å²) in [4.78, 5) is 26.9. The number of rotatable bonds is 4. The number of carboxylic acids is 1. The van der Waals surface area contributed by atoms with Crippen molar-refractivity contribution in [2.24, 2.45) is 17.8 Å². The lowest BCUT2D eigenvalue weighted by Crippen LogP contribution is -2.43. The number of carbonyl (C=O) groups is 2. The highest BCUT2D eigenvalue weighted by Gasteiger charge is 2.38. The van der Waals surface area contributed by atoms with E-state index in [0.29, 0.717) is 25.6 Å². The first kappa shape index (κ1) is 13.2. The smallest absolute Gasteiger partial charge is 0.320 e. The Morgan fingerprint density at radius 3 is 2.44 bits per heavy atom. The molecule has 2 fully saturated rings. The Bertz CT molecular complexity index is 341. The van der Waals surface area contributed by atoms with Gasteiger partial charge in [-0.3, -0.25) is 4.79 Å². The molecule has 0 unspecified atom stereocenters. The first-order valence-corrected chi connectivity index (χ1v) is 6.79. The van der Waals surface area contributed by atoms with Crippen LogP contribution in [0.2, 0.25) is 0 Å². The number of hydrogen-bond donors (Lipinski definition) is 1. The van der Waals surface area contributed by atoms with Gasteiger partial charge in [0.15, 0.2) is 0 Å². The third kappa shape index (κ3) is 2.76. The van der Waals surface area contributed by atoms with E-state index in [1.165, 1.54) is 12.8 Å². The molecule has 0 aromatic rings. The number of aliphatic carboxylic acids is 1.